The predicted octanol–water partition coefficient (Wildman–Crippen LogP) is -0.938. The molecule has 1 aliphatic rings. The van der Waals surface area contributed by atoms with E-state index in [1.54, 1.807) is 4.57 Å². The quantitative estimate of drug-likeness (QED) is 0.529. The van der Waals surface area contributed by atoms with E-state index in [2.05, 4.69) is 15.0 Å². The Morgan fingerprint density at radius 2 is 2.04 bits per heavy atom. The normalized spacial score (nSPS) is 31.2. The summed E-state index contributed by atoms with van der Waals surface area (Å²) in [4.78, 5) is 14.6. The molecule has 0 saturated heterocycles. The Kier molecular flexibility index (Phi) is 4.43. The van der Waals surface area contributed by atoms with E-state index in [4.69, 9.17) is 0 Å². The van der Waals surface area contributed by atoms with Crippen LogP contribution in [0.2, 0.25) is 0 Å². The molecule has 24 heavy (non-hydrogen) atoms. The van der Waals surface area contributed by atoms with Gasteiger partial charge in [-0.25, -0.2) is 15.0 Å². The van der Waals surface area contributed by atoms with Crippen LogP contribution in [-0.2, 0) is 0 Å². The van der Waals surface area contributed by atoms with E-state index in [-0.39, 0.29) is 12.8 Å². The van der Waals surface area contributed by atoms with Gasteiger partial charge in [0.05, 0.1) is 25.1 Å². The topological polar surface area (TPSA) is 128 Å². The molecule has 1 aliphatic carbocycles. The predicted molar refractivity (Wildman–Crippen MR) is 86.6 cm³/mol. The first kappa shape index (κ1) is 17.0. The average Bonchev–Trinajstić information content (AvgIpc) is 2.96. The summed E-state index contributed by atoms with van der Waals surface area (Å²) in [5.41, 5.74) is -0.594. The van der Waals surface area contributed by atoms with E-state index in [0.29, 0.717) is 23.4 Å². The third kappa shape index (κ3) is 2.73. The van der Waals surface area contributed by atoms with Crippen molar-refractivity contribution in [2.75, 3.05) is 25.6 Å². The van der Waals surface area contributed by atoms with Crippen LogP contribution in [0.5, 0.6) is 0 Å². The summed E-state index contributed by atoms with van der Waals surface area (Å²) in [5, 5.41) is 40.9. The van der Waals surface area contributed by atoms with Crippen LogP contribution in [0.1, 0.15) is 25.3 Å². The number of fused-ring (bicyclic) bond motifs is 1. The second kappa shape index (κ2) is 6.25. The van der Waals surface area contributed by atoms with Crippen LogP contribution in [0.4, 0.5) is 5.82 Å². The van der Waals surface area contributed by atoms with Crippen LogP contribution in [0, 0.1) is 0 Å². The first-order valence-electron chi connectivity index (χ1n) is 7.91. The summed E-state index contributed by atoms with van der Waals surface area (Å²) >= 11 is 0. The van der Waals surface area contributed by atoms with Gasteiger partial charge in [-0.3, -0.25) is 0 Å². The largest absolute Gasteiger partial charge is 0.393 e. The van der Waals surface area contributed by atoms with Crippen molar-refractivity contribution in [3.8, 4) is 0 Å². The zero-order chi connectivity index (χ0) is 17.5. The number of aliphatic hydroxyl groups excluding tert-OH is 3. The van der Waals surface area contributed by atoms with Gasteiger partial charge in [0.15, 0.2) is 17.0 Å². The molecule has 0 aliphatic heterocycles. The number of hydrogen-bond acceptors (Lipinski definition) is 8. The molecule has 9 heteroatoms. The molecule has 0 bridgehead atoms. The fourth-order valence-electron chi connectivity index (χ4n) is 3.30. The van der Waals surface area contributed by atoms with Gasteiger partial charge in [-0.05, 0) is 19.3 Å². The van der Waals surface area contributed by atoms with Gasteiger partial charge in [-0.1, -0.05) is 0 Å². The minimum absolute atomic E-state index is 0.118. The summed E-state index contributed by atoms with van der Waals surface area (Å²) in [6.07, 6.45) is 1.63. The molecule has 0 amide bonds. The Morgan fingerprint density at radius 3 is 2.71 bits per heavy atom. The Bertz CT molecular complexity index is 721. The number of aromatic nitrogens is 4. The lowest BCUT2D eigenvalue weighted by atomic mass is 9.90. The molecular formula is C15H23N5O4. The lowest BCUT2D eigenvalue weighted by Gasteiger charge is -2.34. The van der Waals surface area contributed by atoms with E-state index in [9.17, 15) is 20.4 Å². The Balaban J connectivity index is 2.09. The van der Waals surface area contributed by atoms with E-state index >= 15 is 0 Å². The lowest BCUT2D eigenvalue weighted by molar-refractivity contribution is -0.122. The number of nitrogens with zero attached hydrogens (tertiary/aromatic N) is 5. The number of aliphatic hydroxyl groups is 4. The molecular weight excluding hydrogens is 314 g/mol. The molecule has 9 nitrogen and oxygen atoms in total. The first-order chi connectivity index (χ1) is 11.4. The van der Waals surface area contributed by atoms with Gasteiger partial charge in [0.25, 0.3) is 0 Å². The summed E-state index contributed by atoms with van der Waals surface area (Å²) < 4.78 is 1.64. The van der Waals surface area contributed by atoms with E-state index in [1.165, 1.54) is 12.7 Å². The molecule has 132 valence electrons. The summed E-state index contributed by atoms with van der Waals surface area (Å²) in [6.45, 7) is -0.581. The van der Waals surface area contributed by atoms with Crippen molar-refractivity contribution >= 4 is 17.0 Å². The van der Waals surface area contributed by atoms with Crippen molar-refractivity contribution in [3.63, 3.8) is 0 Å². The van der Waals surface area contributed by atoms with Crippen molar-refractivity contribution < 1.29 is 20.4 Å². The van der Waals surface area contributed by atoms with Crippen molar-refractivity contribution in [1.29, 1.82) is 0 Å². The number of anilines is 1. The monoisotopic (exact) mass is 337 g/mol. The minimum atomic E-state index is -1.67. The zero-order valence-electron chi connectivity index (χ0n) is 13.7. The zero-order valence-corrected chi connectivity index (χ0v) is 13.7. The van der Waals surface area contributed by atoms with Gasteiger partial charge >= 0.3 is 0 Å². The molecule has 1 saturated carbocycles. The van der Waals surface area contributed by atoms with E-state index < -0.39 is 30.5 Å². The van der Waals surface area contributed by atoms with E-state index in [1.807, 2.05) is 19.0 Å². The maximum atomic E-state index is 10.7. The molecule has 0 unspecified atom stereocenters. The minimum Gasteiger partial charge on any atom is -0.393 e. The van der Waals surface area contributed by atoms with E-state index in [0.717, 1.165) is 0 Å². The van der Waals surface area contributed by atoms with Crippen molar-refractivity contribution in [3.05, 3.63) is 12.7 Å². The second-order valence-electron chi connectivity index (χ2n) is 6.62. The standard InChI is InChI=1S/C15H23N5O4/c1-19(2)13-11-14(17-7-16-13)20(8-18-11)10-5-9(22)3-4-15(24,6-21)12(10)23/h7-10,12,21-24H,3-6H2,1-2H3/t9-,10-,12-,15-/m0/s1. The van der Waals surface area contributed by atoms with Crippen molar-refractivity contribution in [2.24, 2.45) is 0 Å². The highest BCUT2D eigenvalue weighted by molar-refractivity contribution is 5.83. The van der Waals surface area contributed by atoms with Crippen LogP contribution in [0.15, 0.2) is 12.7 Å². The summed E-state index contributed by atoms with van der Waals surface area (Å²) in [7, 11) is 3.69. The maximum absolute atomic E-state index is 10.7. The third-order valence-electron chi connectivity index (χ3n) is 4.73. The smallest absolute Gasteiger partial charge is 0.165 e. The van der Waals surface area contributed by atoms with Crippen molar-refractivity contribution in [2.45, 2.75) is 43.1 Å². The van der Waals surface area contributed by atoms with Crippen molar-refractivity contribution in [1.82, 2.24) is 19.5 Å². The highest BCUT2D eigenvalue weighted by Gasteiger charge is 2.44. The fourth-order valence-corrected chi connectivity index (χ4v) is 3.30. The fraction of sp³-hybridized carbons (Fsp3) is 0.667. The molecule has 0 radical (unpaired) electrons. The van der Waals surface area contributed by atoms with Gasteiger partial charge in [-0.15, -0.1) is 0 Å². The lowest BCUT2D eigenvalue weighted by Crippen LogP contribution is -2.49. The molecule has 2 aromatic rings. The summed E-state index contributed by atoms with van der Waals surface area (Å²) in [5.74, 6) is 0.639. The Hall–Kier alpha value is -1.81. The SMILES string of the molecule is CN(C)c1ncnc2c1ncn2[C@H]1C[C@@H](O)CC[C@](O)(CO)[C@H]1O. The number of imidazole rings is 1. The molecule has 0 aromatic carbocycles. The van der Waals surface area contributed by atoms with Crippen LogP contribution in [-0.4, -0.2) is 78.5 Å². The van der Waals surface area contributed by atoms with Crippen LogP contribution in [0.25, 0.3) is 11.2 Å². The first-order valence-corrected chi connectivity index (χ1v) is 7.91. The highest BCUT2D eigenvalue weighted by atomic mass is 16.4. The van der Waals surface area contributed by atoms with Gasteiger partial charge < -0.3 is 29.9 Å². The Morgan fingerprint density at radius 1 is 1.29 bits per heavy atom. The maximum Gasteiger partial charge on any atom is 0.165 e. The van der Waals surface area contributed by atoms with Gasteiger partial charge in [0.1, 0.15) is 18.0 Å². The average molecular weight is 337 g/mol. The second-order valence-corrected chi connectivity index (χ2v) is 6.62. The summed E-state index contributed by atoms with van der Waals surface area (Å²) in [6, 6.07) is -0.658. The Labute approximate surface area is 139 Å². The molecule has 3 rings (SSSR count). The van der Waals surface area contributed by atoms with Crippen LogP contribution >= 0.6 is 0 Å². The van der Waals surface area contributed by atoms with Crippen LogP contribution < -0.4 is 4.90 Å². The number of rotatable bonds is 3. The molecule has 4 atom stereocenters. The molecule has 4 N–H and O–H groups in total. The van der Waals surface area contributed by atoms with Gasteiger partial charge in [0, 0.05) is 14.1 Å². The molecule has 0 spiro atoms. The van der Waals surface area contributed by atoms with Crippen LogP contribution in [0.3, 0.4) is 0 Å². The highest BCUT2D eigenvalue weighted by Crippen LogP contribution is 2.36. The van der Waals surface area contributed by atoms with Gasteiger partial charge in [-0.2, -0.15) is 0 Å². The third-order valence-corrected chi connectivity index (χ3v) is 4.73. The molecule has 1 fully saturated rings. The number of hydrogen-bond donors (Lipinski definition) is 4. The molecule has 2 heterocycles. The van der Waals surface area contributed by atoms with Gasteiger partial charge in [0.2, 0.25) is 0 Å². The molecule has 2 aromatic heterocycles.